The molecule has 1 aromatic carbocycles. The molecule has 0 unspecified atom stereocenters. The van der Waals surface area contributed by atoms with E-state index in [1.807, 2.05) is 18.2 Å². The Morgan fingerprint density at radius 3 is 2.50 bits per heavy atom. The Bertz CT molecular complexity index is 453. The minimum Gasteiger partial charge on any atom is -0.334 e. The van der Waals surface area contributed by atoms with Crippen LogP contribution in [0.4, 0.5) is 0 Å². The van der Waals surface area contributed by atoms with Crippen molar-refractivity contribution in [3.63, 3.8) is 0 Å². The van der Waals surface area contributed by atoms with Crippen LogP contribution in [0.3, 0.4) is 0 Å². The van der Waals surface area contributed by atoms with Crippen LogP contribution in [0.5, 0.6) is 0 Å². The van der Waals surface area contributed by atoms with Crippen molar-refractivity contribution in [2.45, 2.75) is 38.1 Å². The highest BCUT2D eigenvalue weighted by atomic mass is 16.1. The number of carbonyl (C=O) groups excluding carboxylic acids is 1. The quantitative estimate of drug-likeness (QED) is 0.867. The maximum absolute atomic E-state index is 12.1. The van der Waals surface area contributed by atoms with Crippen molar-refractivity contribution in [3.8, 4) is 6.07 Å². The SMILES string of the molecule is CC1CCC(C#N)(NC(=O)c2ccccc2)CC1. The van der Waals surface area contributed by atoms with Crippen LogP contribution in [0.15, 0.2) is 30.3 Å². The first-order chi connectivity index (χ1) is 8.65. The Labute approximate surface area is 108 Å². The molecule has 0 heterocycles. The normalized spacial score (nSPS) is 27.2. The third-order valence-electron chi connectivity index (χ3n) is 3.73. The first kappa shape index (κ1) is 12.6. The van der Waals surface area contributed by atoms with E-state index in [0.29, 0.717) is 11.5 Å². The molecule has 1 aliphatic carbocycles. The van der Waals surface area contributed by atoms with Gasteiger partial charge in [0.2, 0.25) is 0 Å². The van der Waals surface area contributed by atoms with Gasteiger partial charge >= 0.3 is 0 Å². The second-order valence-electron chi connectivity index (χ2n) is 5.20. The van der Waals surface area contributed by atoms with Crippen LogP contribution in [0.2, 0.25) is 0 Å². The molecule has 1 amide bonds. The number of rotatable bonds is 2. The maximum atomic E-state index is 12.1. The largest absolute Gasteiger partial charge is 0.334 e. The van der Waals surface area contributed by atoms with Gasteiger partial charge in [-0.15, -0.1) is 0 Å². The summed E-state index contributed by atoms with van der Waals surface area (Å²) in [5, 5.41) is 12.3. The molecule has 94 valence electrons. The van der Waals surface area contributed by atoms with Gasteiger partial charge in [-0.25, -0.2) is 0 Å². The van der Waals surface area contributed by atoms with E-state index in [4.69, 9.17) is 0 Å². The number of nitrogens with zero attached hydrogens (tertiary/aromatic N) is 1. The molecule has 18 heavy (non-hydrogen) atoms. The van der Waals surface area contributed by atoms with Gasteiger partial charge in [-0.1, -0.05) is 25.1 Å². The van der Waals surface area contributed by atoms with Gasteiger partial charge in [-0.3, -0.25) is 4.79 Å². The van der Waals surface area contributed by atoms with Crippen molar-refractivity contribution < 1.29 is 4.79 Å². The van der Waals surface area contributed by atoms with Gasteiger partial charge < -0.3 is 5.32 Å². The second kappa shape index (κ2) is 5.22. The van der Waals surface area contributed by atoms with Crippen LogP contribution < -0.4 is 5.32 Å². The predicted molar refractivity (Wildman–Crippen MR) is 69.9 cm³/mol. The van der Waals surface area contributed by atoms with Gasteiger partial charge in [-0.05, 0) is 43.7 Å². The Hall–Kier alpha value is -1.82. The van der Waals surface area contributed by atoms with E-state index >= 15 is 0 Å². The molecule has 1 N–H and O–H groups in total. The Morgan fingerprint density at radius 1 is 1.33 bits per heavy atom. The zero-order valence-electron chi connectivity index (χ0n) is 10.6. The Kier molecular flexibility index (Phi) is 3.66. The van der Waals surface area contributed by atoms with Crippen LogP contribution in [0.25, 0.3) is 0 Å². The summed E-state index contributed by atoms with van der Waals surface area (Å²) in [5.74, 6) is 0.506. The summed E-state index contributed by atoms with van der Waals surface area (Å²) >= 11 is 0. The third kappa shape index (κ3) is 2.70. The highest BCUT2D eigenvalue weighted by Gasteiger charge is 2.35. The number of carbonyl (C=O) groups is 1. The molecule has 0 radical (unpaired) electrons. The monoisotopic (exact) mass is 242 g/mol. The first-order valence-corrected chi connectivity index (χ1v) is 6.44. The van der Waals surface area contributed by atoms with E-state index in [2.05, 4.69) is 18.3 Å². The minimum atomic E-state index is -0.667. The van der Waals surface area contributed by atoms with Crippen molar-refractivity contribution in [2.24, 2.45) is 5.92 Å². The highest BCUT2D eigenvalue weighted by molar-refractivity contribution is 5.94. The molecule has 2 rings (SSSR count). The predicted octanol–water partition coefficient (Wildman–Crippen LogP) is 2.89. The minimum absolute atomic E-state index is 0.147. The van der Waals surface area contributed by atoms with Gasteiger partial charge in [-0.2, -0.15) is 5.26 Å². The number of amides is 1. The molecule has 0 spiro atoms. The van der Waals surface area contributed by atoms with E-state index < -0.39 is 5.54 Å². The highest BCUT2D eigenvalue weighted by Crippen LogP contribution is 2.31. The summed E-state index contributed by atoms with van der Waals surface area (Å²) in [7, 11) is 0. The van der Waals surface area contributed by atoms with Crippen molar-refractivity contribution >= 4 is 5.91 Å². The zero-order chi connectivity index (χ0) is 13.0. The lowest BCUT2D eigenvalue weighted by molar-refractivity contribution is 0.0894. The summed E-state index contributed by atoms with van der Waals surface area (Å²) < 4.78 is 0. The van der Waals surface area contributed by atoms with Gasteiger partial charge in [0.15, 0.2) is 0 Å². The van der Waals surface area contributed by atoms with Gasteiger partial charge in [0.1, 0.15) is 5.54 Å². The van der Waals surface area contributed by atoms with Crippen molar-refractivity contribution in [1.82, 2.24) is 5.32 Å². The van der Waals surface area contributed by atoms with Crippen LogP contribution in [0, 0.1) is 17.2 Å². The number of hydrogen-bond donors (Lipinski definition) is 1. The van der Waals surface area contributed by atoms with Gasteiger partial charge in [0.25, 0.3) is 5.91 Å². The molecular formula is C15H18N2O. The fraction of sp³-hybridized carbons (Fsp3) is 0.467. The molecule has 1 aliphatic rings. The van der Waals surface area contributed by atoms with Crippen LogP contribution >= 0.6 is 0 Å². The Morgan fingerprint density at radius 2 is 1.94 bits per heavy atom. The standard InChI is InChI=1S/C15H18N2O/c1-12-7-9-15(11-16,10-8-12)17-14(18)13-5-3-2-4-6-13/h2-6,12H,7-10H2,1H3,(H,17,18). The van der Waals surface area contributed by atoms with Gasteiger partial charge in [0.05, 0.1) is 6.07 Å². The maximum Gasteiger partial charge on any atom is 0.252 e. The molecule has 1 aromatic rings. The van der Waals surface area contributed by atoms with E-state index in [1.165, 1.54) is 0 Å². The smallest absolute Gasteiger partial charge is 0.252 e. The Balaban J connectivity index is 2.08. The summed E-state index contributed by atoms with van der Waals surface area (Å²) in [4.78, 5) is 12.1. The lowest BCUT2D eigenvalue weighted by atomic mass is 9.78. The molecule has 0 atom stereocenters. The molecule has 1 saturated carbocycles. The fourth-order valence-corrected chi connectivity index (χ4v) is 2.40. The van der Waals surface area contributed by atoms with Crippen LogP contribution in [-0.4, -0.2) is 11.4 Å². The third-order valence-corrected chi connectivity index (χ3v) is 3.73. The van der Waals surface area contributed by atoms with Gasteiger partial charge in [0, 0.05) is 5.56 Å². The molecular weight excluding hydrogens is 224 g/mol. The average Bonchev–Trinajstić information content (AvgIpc) is 2.43. The lowest BCUT2D eigenvalue weighted by Crippen LogP contribution is -2.49. The van der Waals surface area contributed by atoms with Crippen molar-refractivity contribution in [1.29, 1.82) is 5.26 Å². The lowest BCUT2D eigenvalue weighted by Gasteiger charge is -2.34. The molecule has 0 saturated heterocycles. The topological polar surface area (TPSA) is 52.9 Å². The number of nitriles is 1. The summed E-state index contributed by atoms with van der Waals surface area (Å²) in [5.41, 5.74) is -0.0508. The molecule has 1 fully saturated rings. The first-order valence-electron chi connectivity index (χ1n) is 6.44. The zero-order valence-corrected chi connectivity index (χ0v) is 10.6. The summed E-state index contributed by atoms with van der Waals surface area (Å²) in [6.07, 6.45) is 3.51. The molecule has 0 aromatic heterocycles. The average molecular weight is 242 g/mol. The van der Waals surface area contributed by atoms with Crippen LogP contribution in [0.1, 0.15) is 43.0 Å². The molecule has 3 nitrogen and oxygen atoms in total. The fourth-order valence-electron chi connectivity index (χ4n) is 2.40. The molecule has 0 aliphatic heterocycles. The molecule has 0 bridgehead atoms. The van der Waals surface area contributed by atoms with Crippen molar-refractivity contribution in [2.75, 3.05) is 0 Å². The summed E-state index contributed by atoms with van der Waals surface area (Å²) in [6.45, 7) is 2.19. The van der Waals surface area contributed by atoms with Crippen molar-refractivity contribution in [3.05, 3.63) is 35.9 Å². The van der Waals surface area contributed by atoms with E-state index in [1.54, 1.807) is 12.1 Å². The number of hydrogen-bond acceptors (Lipinski definition) is 2. The number of benzene rings is 1. The van der Waals surface area contributed by atoms with E-state index in [0.717, 1.165) is 25.7 Å². The second-order valence-corrected chi connectivity index (χ2v) is 5.20. The van der Waals surface area contributed by atoms with E-state index in [9.17, 15) is 10.1 Å². The summed E-state index contributed by atoms with van der Waals surface area (Å²) in [6, 6.07) is 11.4. The number of nitrogens with one attached hydrogen (secondary N) is 1. The molecule has 3 heteroatoms. The van der Waals surface area contributed by atoms with E-state index in [-0.39, 0.29) is 5.91 Å². The van der Waals surface area contributed by atoms with Crippen LogP contribution in [-0.2, 0) is 0 Å².